The second kappa shape index (κ2) is 9.96. The van der Waals surface area contributed by atoms with E-state index in [4.69, 9.17) is 9.47 Å². The average Bonchev–Trinajstić information content (AvgIpc) is 2.83. The Hall–Kier alpha value is -2.86. The third kappa shape index (κ3) is 5.44. The first kappa shape index (κ1) is 21.4. The molecule has 2 heterocycles. The van der Waals surface area contributed by atoms with E-state index in [9.17, 15) is 9.59 Å². The first-order valence-corrected chi connectivity index (χ1v) is 11.0. The minimum absolute atomic E-state index is 0.00160. The third-order valence-electron chi connectivity index (χ3n) is 6.02. The maximum absolute atomic E-state index is 13.0. The maximum Gasteiger partial charge on any atom is 0.253 e. The van der Waals surface area contributed by atoms with Crippen LogP contribution < -0.4 is 4.74 Å². The molecule has 6 nitrogen and oxygen atoms in total. The number of ether oxygens (including phenoxy) is 2. The fourth-order valence-electron chi connectivity index (χ4n) is 4.24. The van der Waals surface area contributed by atoms with Crippen LogP contribution in [0.15, 0.2) is 48.5 Å². The average molecular weight is 423 g/mol. The SMILES string of the molecule is Cc1cccc(COc2cccc(C(=O)N3CCC(C(=O)N4CCOCC4)CC3)c2)c1. The molecule has 31 heavy (non-hydrogen) atoms. The van der Waals surface area contributed by atoms with Crippen molar-refractivity contribution in [3.8, 4) is 5.75 Å². The molecule has 164 valence electrons. The number of rotatable bonds is 5. The van der Waals surface area contributed by atoms with Crippen LogP contribution in [0.2, 0.25) is 0 Å². The smallest absolute Gasteiger partial charge is 0.253 e. The van der Waals surface area contributed by atoms with E-state index in [0.717, 1.165) is 5.56 Å². The standard InChI is InChI=1S/C25H30N2O4/c1-19-4-2-5-20(16-19)18-31-23-7-3-6-22(17-23)25(29)26-10-8-21(9-11-26)24(28)27-12-14-30-15-13-27/h2-7,16-17,21H,8-15,18H2,1H3. The number of aryl methyl sites for hydroxylation is 1. The van der Waals surface area contributed by atoms with Crippen molar-refractivity contribution in [2.24, 2.45) is 5.92 Å². The van der Waals surface area contributed by atoms with Crippen molar-refractivity contribution >= 4 is 11.8 Å². The van der Waals surface area contributed by atoms with Gasteiger partial charge in [-0.15, -0.1) is 0 Å². The van der Waals surface area contributed by atoms with Gasteiger partial charge in [0.1, 0.15) is 12.4 Å². The summed E-state index contributed by atoms with van der Waals surface area (Å²) in [6.45, 7) is 6.31. The van der Waals surface area contributed by atoms with E-state index in [-0.39, 0.29) is 17.7 Å². The van der Waals surface area contributed by atoms with Gasteiger partial charge in [0, 0.05) is 37.7 Å². The van der Waals surface area contributed by atoms with Crippen molar-refractivity contribution in [3.05, 3.63) is 65.2 Å². The zero-order valence-corrected chi connectivity index (χ0v) is 18.1. The van der Waals surface area contributed by atoms with Crippen molar-refractivity contribution in [1.82, 2.24) is 9.80 Å². The summed E-state index contributed by atoms with van der Waals surface area (Å²) in [6, 6.07) is 15.6. The van der Waals surface area contributed by atoms with Crippen LogP contribution in [0.25, 0.3) is 0 Å². The molecule has 0 aromatic heterocycles. The predicted octanol–water partition coefficient (Wildman–Crippen LogP) is 3.29. The second-order valence-corrected chi connectivity index (χ2v) is 8.31. The molecule has 2 amide bonds. The lowest BCUT2D eigenvalue weighted by Crippen LogP contribution is -2.47. The van der Waals surface area contributed by atoms with Crippen LogP contribution in [0.4, 0.5) is 0 Å². The number of nitrogens with zero attached hydrogens (tertiary/aromatic N) is 2. The van der Waals surface area contributed by atoms with Gasteiger partial charge in [-0.05, 0) is 43.5 Å². The molecule has 0 radical (unpaired) electrons. The molecule has 0 spiro atoms. The molecule has 0 saturated carbocycles. The minimum atomic E-state index is -0.00160. The first-order valence-electron chi connectivity index (χ1n) is 11.0. The molecule has 6 heteroatoms. The highest BCUT2D eigenvalue weighted by atomic mass is 16.5. The normalized spacial score (nSPS) is 17.5. The fraction of sp³-hybridized carbons (Fsp3) is 0.440. The molecular weight excluding hydrogens is 392 g/mol. The van der Waals surface area contributed by atoms with Crippen LogP contribution in [0.1, 0.15) is 34.3 Å². The molecule has 0 atom stereocenters. The Morgan fingerprint density at radius 1 is 0.968 bits per heavy atom. The summed E-state index contributed by atoms with van der Waals surface area (Å²) in [5.74, 6) is 0.899. The monoisotopic (exact) mass is 422 g/mol. The van der Waals surface area contributed by atoms with Crippen molar-refractivity contribution in [1.29, 1.82) is 0 Å². The molecular formula is C25H30N2O4. The van der Waals surface area contributed by atoms with E-state index in [1.807, 2.05) is 46.2 Å². The number of carbonyl (C=O) groups excluding carboxylic acids is 2. The molecule has 2 aromatic carbocycles. The van der Waals surface area contributed by atoms with Crippen molar-refractivity contribution in [3.63, 3.8) is 0 Å². The van der Waals surface area contributed by atoms with Crippen LogP contribution in [0, 0.1) is 12.8 Å². The van der Waals surface area contributed by atoms with Crippen LogP contribution in [-0.2, 0) is 16.1 Å². The summed E-state index contributed by atoms with van der Waals surface area (Å²) >= 11 is 0. The Morgan fingerprint density at radius 3 is 2.45 bits per heavy atom. The molecule has 2 aliphatic rings. The van der Waals surface area contributed by atoms with Gasteiger partial charge in [0.2, 0.25) is 5.91 Å². The van der Waals surface area contributed by atoms with Gasteiger partial charge < -0.3 is 19.3 Å². The van der Waals surface area contributed by atoms with E-state index >= 15 is 0 Å². The number of likely N-dealkylation sites (tertiary alicyclic amines) is 1. The predicted molar refractivity (Wildman–Crippen MR) is 118 cm³/mol. The van der Waals surface area contributed by atoms with E-state index < -0.39 is 0 Å². The molecule has 0 aliphatic carbocycles. The van der Waals surface area contributed by atoms with E-state index in [2.05, 4.69) is 19.1 Å². The Kier molecular flexibility index (Phi) is 6.87. The highest BCUT2D eigenvalue weighted by molar-refractivity contribution is 5.94. The van der Waals surface area contributed by atoms with Crippen LogP contribution in [-0.4, -0.2) is 61.0 Å². The minimum Gasteiger partial charge on any atom is -0.489 e. The van der Waals surface area contributed by atoms with E-state index in [1.54, 1.807) is 0 Å². The lowest BCUT2D eigenvalue weighted by molar-refractivity contribution is -0.141. The number of hydrogen-bond donors (Lipinski definition) is 0. The molecule has 4 rings (SSSR count). The molecule has 0 N–H and O–H groups in total. The van der Waals surface area contributed by atoms with Gasteiger partial charge >= 0.3 is 0 Å². The fourth-order valence-corrected chi connectivity index (χ4v) is 4.24. The van der Waals surface area contributed by atoms with Gasteiger partial charge in [0.15, 0.2) is 0 Å². The Labute approximate surface area is 183 Å². The number of carbonyl (C=O) groups is 2. The Balaban J connectivity index is 1.31. The van der Waals surface area contributed by atoms with Gasteiger partial charge in [-0.3, -0.25) is 9.59 Å². The molecule has 2 aliphatic heterocycles. The lowest BCUT2D eigenvalue weighted by atomic mass is 9.94. The van der Waals surface area contributed by atoms with Gasteiger partial charge in [0.25, 0.3) is 5.91 Å². The zero-order valence-electron chi connectivity index (χ0n) is 18.1. The van der Waals surface area contributed by atoms with Crippen LogP contribution in [0.5, 0.6) is 5.75 Å². The molecule has 2 saturated heterocycles. The van der Waals surface area contributed by atoms with Crippen molar-refractivity contribution in [2.75, 3.05) is 39.4 Å². The largest absolute Gasteiger partial charge is 0.489 e. The Bertz CT molecular complexity index is 915. The van der Waals surface area contributed by atoms with E-state index in [0.29, 0.717) is 70.2 Å². The summed E-state index contributed by atoms with van der Waals surface area (Å²) in [5, 5.41) is 0. The number of amides is 2. The number of morpholine rings is 1. The number of hydrogen-bond acceptors (Lipinski definition) is 4. The summed E-state index contributed by atoms with van der Waals surface area (Å²) in [4.78, 5) is 29.5. The highest BCUT2D eigenvalue weighted by Gasteiger charge is 2.31. The first-order chi connectivity index (χ1) is 15.1. The molecule has 2 aromatic rings. The topological polar surface area (TPSA) is 59.1 Å². The highest BCUT2D eigenvalue weighted by Crippen LogP contribution is 2.23. The quantitative estimate of drug-likeness (QED) is 0.742. The maximum atomic E-state index is 13.0. The molecule has 0 bridgehead atoms. The van der Waals surface area contributed by atoms with Gasteiger partial charge in [-0.1, -0.05) is 35.9 Å². The summed E-state index contributed by atoms with van der Waals surface area (Å²) in [6.07, 6.45) is 1.43. The third-order valence-corrected chi connectivity index (χ3v) is 6.02. The van der Waals surface area contributed by atoms with Gasteiger partial charge in [-0.2, -0.15) is 0 Å². The van der Waals surface area contributed by atoms with Crippen molar-refractivity contribution < 1.29 is 19.1 Å². The lowest BCUT2D eigenvalue weighted by Gasteiger charge is -2.35. The van der Waals surface area contributed by atoms with Crippen molar-refractivity contribution in [2.45, 2.75) is 26.4 Å². The second-order valence-electron chi connectivity index (χ2n) is 8.31. The zero-order chi connectivity index (χ0) is 21.6. The van der Waals surface area contributed by atoms with Gasteiger partial charge in [-0.25, -0.2) is 0 Å². The summed E-state index contributed by atoms with van der Waals surface area (Å²) in [7, 11) is 0. The number of benzene rings is 2. The Morgan fingerprint density at radius 2 is 1.71 bits per heavy atom. The number of piperidine rings is 1. The summed E-state index contributed by atoms with van der Waals surface area (Å²) in [5.41, 5.74) is 2.92. The summed E-state index contributed by atoms with van der Waals surface area (Å²) < 4.78 is 11.2. The van der Waals surface area contributed by atoms with E-state index in [1.165, 1.54) is 5.56 Å². The molecule has 2 fully saturated rings. The molecule has 0 unspecified atom stereocenters. The van der Waals surface area contributed by atoms with Crippen LogP contribution in [0.3, 0.4) is 0 Å². The van der Waals surface area contributed by atoms with Gasteiger partial charge in [0.05, 0.1) is 13.2 Å². The van der Waals surface area contributed by atoms with Crippen LogP contribution >= 0.6 is 0 Å².